The second kappa shape index (κ2) is 8.42. The lowest BCUT2D eigenvalue weighted by Crippen LogP contribution is -2.56. The first-order valence-corrected chi connectivity index (χ1v) is 6.86. The molecule has 0 heterocycles. The maximum atomic E-state index is 14.7. The summed E-state index contributed by atoms with van der Waals surface area (Å²) >= 11 is 0. The maximum Gasteiger partial charge on any atom is 0.428 e. The summed E-state index contributed by atoms with van der Waals surface area (Å²) in [7, 11) is 2.45. The molecule has 23 heavy (non-hydrogen) atoms. The molecule has 1 aromatic rings. The van der Waals surface area contributed by atoms with Gasteiger partial charge < -0.3 is 14.2 Å². The highest BCUT2D eigenvalue weighted by molar-refractivity contribution is 5.15. The second-order valence-electron chi connectivity index (χ2n) is 4.92. The van der Waals surface area contributed by atoms with Crippen LogP contribution >= 0.6 is 0 Å². The fourth-order valence-electron chi connectivity index (χ4n) is 2.10. The number of halogens is 4. The Kier molecular flexibility index (Phi) is 7.18. The van der Waals surface area contributed by atoms with E-state index in [0.29, 0.717) is 5.56 Å². The largest absolute Gasteiger partial charge is 0.428 e. The Morgan fingerprint density at radius 2 is 1.74 bits per heavy atom. The van der Waals surface area contributed by atoms with E-state index in [1.165, 1.54) is 14.2 Å². The van der Waals surface area contributed by atoms with Gasteiger partial charge in [0.05, 0.1) is 13.2 Å². The summed E-state index contributed by atoms with van der Waals surface area (Å²) < 4.78 is 69.2. The number of ether oxygens (including phenoxy) is 3. The number of benzene rings is 1. The number of rotatable bonds is 9. The lowest BCUT2D eigenvalue weighted by Gasteiger charge is -2.36. The van der Waals surface area contributed by atoms with Crippen molar-refractivity contribution in [1.29, 1.82) is 0 Å². The third-order valence-corrected chi connectivity index (χ3v) is 3.39. The molecular weight excluding hydrogens is 316 g/mol. The molecule has 130 valence electrons. The third kappa shape index (κ3) is 4.76. The highest BCUT2D eigenvalue weighted by Gasteiger charge is 2.61. The quantitative estimate of drug-likeness (QED) is 0.508. The molecule has 0 bridgehead atoms. The molecule has 0 saturated heterocycles. The van der Waals surface area contributed by atoms with Crippen molar-refractivity contribution in [2.75, 3.05) is 20.8 Å². The summed E-state index contributed by atoms with van der Waals surface area (Å²) in [5.74, 6) is 0. The molecule has 0 amide bonds. The van der Waals surface area contributed by atoms with E-state index in [9.17, 15) is 17.6 Å². The monoisotopic (exact) mass is 336 g/mol. The molecule has 3 nitrogen and oxygen atoms in total. The van der Waals surface area contributed by atoms with Crippen molar-refractivity contribution in [3.8, 4) is 0 Å². The molecule has 0 aliphatic carbocycles. The number of alkyl halides is 4. The van der Waals surface area contributed by atoms with Gasteiger partial charge in [-0.1, -0.05) is 36.9 Å². The third-order valence-electron chi connectivity index (χ3n) is 3.39. The molecule has 0 fully saturated rings. The Balaban J connectivity index is 3.07. The molecule has 1 rings (SSSR count). The van der Waals surface area contributed by atoms with E-state index in [1.54, 1.807) is 30.3 Å². The number of hydrogen-bond acceptors (Lipinski definition) is 3. The van der Waals surface area contributed by atoms with Gasteiger partial charge in [0.25, 0.3) is 5.67 Å². The average Bonchev–Trinajstić information content (AvgIpc) is 2.53. The van der Waals surface area contributed by atoms with Gasteiger partial charge in [-0.15, -0.1) is 0 Å². The molecule has 0 aromatic heterocycles. The number of hydrogen-bond donors (Lipinski definition) is 0. The molecule has 0 N–H and O–H groups in total. The SMILES string of the molecule is C=C[C@](F)([C@H](OCc1ccccc1)[C@@H](COC)OC)C(F)(F)F. The second-order valence-corrected chi connectivity index (χ2v) is 4.92. The van der Waals surface area contributed by atoms with E-state index in [4.69, 9.17) is 14.2 Å². The minimum atomic E-state index is -5.19. The molecule has 0 radical (unpaired) electrons. The Morgan fingerprint density at radius 3 is 2.17 bits per heavy atom. The Labute approximate surface area is 132 Å². The normalized spacial score (nSPS) is 17.3. The fourth-order valence-corrected chi connectivity index (χ4v) is 2.10. The molecule has 1 aromatic carbocycles. The zero-order valence-electron chi connectivity index (χ0n) is 13.0. The average molecular weight is 336 g/mol. The van der Waals surface area contributed by atoms with Gasteiger partial charge in [-0.25, -0.2) is 4.39 Å². The van der Waals surface area contributed by atoms with E-state index in [2.05, 4.69) is 6.58 Å². The zero-order chi connectivity index (χ0) is 17.5. The molecular formula is C16H20F4O3. The summed E-state index contributed by atoms with van der Waals surface area (Å²) in [6.07, 6.45) is -8.20. The van der Waals surface area contributed by atoms with Crippen LogP contribution in [-0.4, -0.2) is 44.9 Å². The lowest BCUT2D eigenvalue weighted by molar-refractivity contribution is -0.266. The van der Waals surface area contributed by atoms with Crippen LogP contribution in [0.4, 0.5) is 17.6 Å². The Hall–Kier alpha value is -1.44. The van der Waals surface area contributed by atoms with Crippen LogP contribution < -0.4 is 0 Å². The first kappa shape index (κ1) is 19.6. The first-order valence-electron chi connectivity index (χ1n) is 6.86. The minimum absolute atomic E-state index is 0.199. The summed E-state index contributed by atoms with van der Waals surface area (Å²) in [6, 6.07) is 8.49. The zero-order valence-corrected chi connectivity index (χ0v) is 13.0. The Bertz CT molecular complexity index is 478. The van der Waals surface area contributed by atoms with Gasteiger partial charge in [-0.2, -0.15) is 13.2 Å². The summed E-state index contributed by atoms with van der Waals surface area (Å²) in [4.78, 5) is 0. The molecule has 0 aliphatic rings. The fraction of sp³-hybridized carbons (Fsp3) is 0.500. The predicted molar refractivity (Wildman–Crippen MR) is 77.8 cm³/mol. The van der Waals surface area contributed by atoms with Gasteiger partial charge in [0.15, 0.2) is 0 Å². The molecule has 0 unspecified atom stereocenters. The molecule has 3 atom stereocenters. The summed E-state index contributed by atoms with van der Waals surface area (Å²) in [5, 5.41) is 0. The van der Waals surface area contributed by atoms with E-state index in [1.807, 2.05) is 0 Å². The van der Waals surface area contributed by atoms with Crippen LogP contribution in [0.5, 0.6) is 0 Å². The molecule has 0 spiro atoms. The van der Waals surface area contributed by atoms with Crippen molar-refractivity contribution in [3.05, 3.63) is 48.6 Å². The van der Waals surface area contributed by atoms with Crippen LogP contribution in [0.3, 0.4) is 0 Å². The van der Waals surface area contributed by atoms with Crippen LogP contribution in [0, 0.1) is 0 Å². The number of methoxy groups -OCH3 is 2. The van der Waals surface area contributed by atoms with Gasteiger partial charge in [-0.3, -0.25) is 0 Å². The van der Waals surface area contributed by atoms with Crippen LogP contribution in [0.1, 0.15) is 5.56 Å². The van der Waals surface area contributed by atoms with Gasteiger partial charge in [0, 0.05) is 14.2 Å². The van der Waals surface area contributed by atoms with Crippen molar-refractivity contribution in [2.24, 2.45) is 0 Å². The van der Waals surface area contributed by atoms with Crippen LogP contribution in [0.25, 0.3) is 0 Å². The summed E-state index contributed by atoms with van der Waals surface area (Å²) in [5.41, 5.74) is -3.15. The lowest BCUT2D eigenvalue weighted by atomic mass is 9.93. The predicted octanol–water partition coefficient (Wildman–Crippen LogP) is 3.69. The van der Waals surface area contributed by atoms with E-state index >= 15 is 0 Å². The maximum absolute atomic E-state index is 14.7. The van der Waals surface area contributed by atoms with Crippen molar-refractivity contribution in [1.82, 2.24) is 0 Å². The van der Waals surface area contributed by atoms with E-state index < -0.39 is 24.1 Å². The van der Waals surface area contributed by atoms with Gasteiger partial charge in [0.2, 0.25) is 0 Å². The molecule has 0 saturated carbocycles. The van der Waals surface area contributed by atoms with Gasteiger partial charge in [0.1, 0.15) is 12.2 Å². The summed E-state index contributed by atoms with van der Waals surface area (Å²) in [6.45, 7) is 2.52. The van der Waals surface area contributed by atoms with Crippen molar-refractivity contribution in [3.63, 3.8) is 0 Å². The van der Waals surface area contributed by atoms with Crippen LogP contribution in [0.15, 0.2) is 43.0 Å². The van der Waals surface area contributed by atoms with Crippen molar-refractivity contribution in [2.45, 2.75) is 30.7 Å². The topological polar surface area (TPSA) is 27.7 Å². The molecule has 0 aliphatic heterocycles. The highest BCUT2D eigenvalue weighted by atomic mass is 19.4. The van der Waals surface area contributed by atoms with Crippen molar-refractivity contribution < 1.29 is 31.8 Å². The standard InChI is InChI=1S/C16H20F4O3/c1-4-15(17,16(18,19)20)14(13(22-3)11-21-2)23-10-12-8-6-5-7-9-12/h4-9,13-14H,1,10-11H2,2-3H3/t13-,14-,15+/m1/s1. The van der Waals surface area contributed by atoms with Crippen molar-refractivity contribution >= 4 is 0 Å². The van der Waals surface area contributed by atoms with E-state index in [0.717, 1.165) is 0 Å². The van der Waals surface area contributed by atoms with Crippen LogP contribution in [-0.2, 0) is 20.8 Å². The van der Waals surface area contributed by atoms with Gasteiger partial charge >= 0.3 is 6.18 Å². The Morgan fingerprint density at radius 1 is 1.13 bits per heavy atom. The highest BCUT2D eigenvalue weighted by Crippen LogP contribution is 2.41. The smallest absolute Gasteiger partial charge is 0.382 e. The first-order chi connectivity index (χ1) is 10.8. The minimum Gasteiger partial charge on any atom is -0.382 e. The van der Waals surface area contributed by atoms with Crippen LogP contribution in [0.2, 0.25) is 0 Å². The molecule has 7 heteroatoms. The van der Waals surface area contributed by atoms with E-state index in [-0.39, 0.29) is 19.3 Å². The van der Waals surface area contributed by atoms with Gasteiger partial charge in [-0.05, 0) is 11.6 Å².